The first-order chi connectivity index (χ1) is 17.6. The number of carbonyl (C=O) groups is 2. The molecule has 3 aromatic carbocycles. The van der Waals surface area contributed by atoms with E-state index >= 15 is 0 Å². The van der Waals surface area contributed by atoms with E-state index in [1.807, 2.05) is 12.1 Å². The minimum Gasteiger partial charge on any atom is -0.423 e. The van der Waals surface area contributed by atoms with Gasteiger partial charge >= 0.3 is 11.9 Å². The van der Waals surface area contributed by atoms with Crippen LogP contribution in [0.15, 0.2) is 84.0 Å². The van der Waals surface area contributed by atoms with Crippen molar-refractivity contribution < 1.29 is 19.1 Å². The van der Waals surface area contributed by atoms with E-state index in [0.717, 1.165) is 12.8 Å². The van der Waals surface area contributed by atoms with Crippen LogP contribution in [0.1, 0.15) is 58.4 Å². The van der Waals surface area contributed by atoms with E-state index in [4.69, 9.17) is 21.7 Å². The molecule has 0 saturated heterocycles. The zero-order chi connectivity index (χ0) is 25.2. The van der Waals surface area contributed by atoms with Gasteiger partial charge in [0.15, 0.2) is 5.11 Å². The molecule has 4 rings (SSSR count). The van der Waals surface area contributed by atoms with E-state index in [1.54, 1.807) is 60.7 Å². The second-order valence-electron chi connectivity index (χ2n) is 8.39. The van der Waals surface area contributed by atoms with Gasteiger partial charge in [-0.25, -0.2) is 9.59 Å². The third kappa shape index (κ3) is 7.23. The Bertz CT molecular complexity index is 1230. The van der Waals surface area contributed by atoms with Gasteiger partial charge in [0.25, 0.3) is 0 Å². The fourth-order valence-electron chi connectivity index (χ4n) is 3.87. The molecule has 1 aliphatic rings. The maximum Gasteiger partial charge on any atom is 0.343 e. The number of nitrogens with one attached hydrogen (secondary N) is 2. The molecule has 0 spiro atoms. The third-order valence-corrected chi connectivity index (χ3v) is 5.94. The maximum absolute atomic E-state index is 12.7. The van der Waals surface area contributed by atoms with E-state index in [2.05, 4.69) is 15.8 Å². The van der Waals surface area contributed by atoms with Crippen molar-refractivity contribution in [1.82, 2.24) is 10.7 Å². The quantitative estimate of drug-likeness (QED) is 0.150. The summed E-state index contributed by atoms with van der Waals surface area (Å²) in [5.41, 5.74) is 4.13. The molecule has 8 heteroatoms. The third-order valence-electron chi connectivity index (χ3n) is 5.73. The molecule has 0 unspecified atom stereocenters. The number of rotatable bonds is 7. The Hall–Kier alpha value is -4.04. The highest BCUT2D eigenvalue weighted by molar-refractivity contribution is 7.80. The number of nitrogens with zero attached hydrogens (tertiary/aromatic N) is 1. The summed E-state index contributed by atoms with van der Waals surface area (Å²) in [5, 5.41) is 7.93. The maximum atomic E-state index is 12.7. The lowest BCUT2D eigenvalue weighted by molar-refractivity contribution is 0.0732. The standard InChI is InChI=1S/C28H27N3O4S/c32-26(20-10-4-1-5-11-20)34-24-17-16-22(19-29-31-28(36)30-23-14-8-3-9-15-23)25(18-24)35-27(33)21-12-6-2-7-13-21/h1-2,4-7,10-13,16-19,23H,3,8-9,14-15H2,(H2,30,31,36)/b29-19+. The molecule has 1 fully saturated rings. The number of ether oxygens (including phenoxy) is 2. The molecule has 2 N–H and O–H groups in total. The van der Waals surface area contributed by atoms with E-state index < -0.39 is 11.9 Å². The molecule has 0 amide bonds. The monoisotopic (exact) mass is 501 g/mol. The van der Waals surface area contributed by atoms with E-state index in [9.17, 15) is 9.59 Å². The lowest BCUT2D eigenvalue weighted by Gasteiger charge is -2.23. The van der Waals surface area contributed by atoms with Crippen molar-refractivity contribution in [1.29, 1.82) is 0 Å². The van der Waals surface area contributed by atoms with Crippen LogP contribution in [0.2, 0.25) is 0 Å². The molecular formula is C28H27N3O4S. The summed E-state index contributed by atoms with van der Waals surface area (Å²) >= 11 is 5.35. The second kappa shape index (κ2) is 12.6. The molecule has 0 radical (unpaired) electrons. The highest BCUT2D eigenvalue weighted by Gasteiger charge is 2.16. The van der Waals surface area contributed by atoms with Crippen molar-refractivity contribution in [3.63, 3.8) is 0 Å². The van der Waals surface area contributed by atoms with Gasteiger partial charge in [-0.15, -0.1) is 0 Å². The normalized spacial score (nSPS) is 13.7. The predicted molar refractivity (Wildman–Crippen MR) is 143 cm³/mol. The van der Waals surface area contributed by atoms with Crippen LogP contribution in [0.5, 0.6) is 11.5 Å². The summed E-state index contributed by atoms with van der Waals surface area (Å²) in [5.74, 6) is -0.629. The Morgan fingerprint density at radius 2 is 1.44 bits per heavy atom. The van der Waals surface area contributed by atoms with Gasteiger partial charge < -0.3 is 14.8 Å². The molecule has 1 aliphatic carbocycles. The number of carbonyl (C=O) groups excluding carboxylic acids is 2. The van der Waals surface area contributed by atoms with Gasteiger partial charge in [-0.2, -0.15) is 5.10 Å². The highest BCUT2D eigenvalue weighted by atomic mass is 32.1. The first kappa shape index (κ1) is 25.1. The fourth-order valence-corrected chi connectivity index (χ4v) is 4.09. The summed E-state index contributed by atoms with van der Waals surface area (Å²) in [7, 11) is 0. The largest absolute Gasteiger partial charge is 0.423 e. The first-order valence-corrected chi connectivity index (χ1v) is 12.3. The Morgan fingerprint density at radius 3 is 2.08 bits per heavy atom. The SMILES string of the molecule is O=C(Oc1ccc(/C=N/NC(=S)NC2CCCCC2)c(OC(=O)c2ccccc2)c1)c1ccccc1. The Labute approximate surface area is 215 Å². The summed E-state index contributed by atoms with van der Waals surface area (Å²) < 4.78 is 11.1. The number of hydrogen-bond acceptors (Lipinski definition) is 6. The second-order valence-corrected chi connectivity index (χ2v) is 8.80. The van der Waals surface area contributed by atoms with Gasteiger partial charge in [0.2, 0.25) is 0 Å². The zero-order valence-electron chi connectivity index (χ0n) is 19.7. The number of esters is 2. The van der Waals surface area contributed by atoms with Crippen molar-refractivity contribution in [2.45, 2.75) is 38.1 Å². The molecule has 7 nitrogen and oxygen atoms in total. The summed E-state index contributed by atoms with van der Waals surface area (Å²) in [6.07, 6.45) is 7.34. The number of thiocarbonyl (C=S) groups is 1. The molecule has 0 aromatic heterocycles. The highest BCUT2D eigenvalue weighted by Crippen LogP contribution is 2.26. The average molecular weight is 502 g/mol. The molecule has 0 atom stereocenters. The number of hydrazone groups is 1. The summed E-state index contributed by atoms with van der Waals surface area (Å²) in [4.78, 5) is 25.2. The van der Waals surface area contributed by atoms with Crippen molar-refractivity contribution in [3.8, 4) is 11.5 Å². The molecule has 0 aliphatic heterocycles. The van der Waals surface area contributed by atoms with E-state index in [0.29, 0.717) is 27.8 Å². The predicted octanol–water partition coefficient (Wildman–Crippen LogP) is 5.26. The van der Waals surface area contributed by atoms with Crippen molar-refractivity contribution in [2.24, 2.45) is 5.10 Å². The van der Waals surface area contributed by atoms with Crippen LogP contribution in [-0.4, -0.2) is 29.3 Å². The molecular weight excluding hydrogens is 474 g/mol. The number of hydrogen-bond donors (Lipinski definition) is 2. The van der Waals surface area contributed by atoms with Crippen LogP contribution in [0, 0.1) is 0 Å². The minimum atomic E-state index is -0.542. The van der Waals surface area contributed by atoms with Gasteiger partial charge in [-0.05, 0) is 61.5 Å². The van der Waals surface area contributed by atoms with Gasteiger partial charge in [0.05, 0.1) is 17.3 Å². The fraction of sp³-hybridized carbons (Fsp3) is 0.214. The average Bonchev–Trinajstić information content (AvgIpc) is 2.91. The van der Waals surface area contributed by atoms with E-state index in [1.165, 1.54) is 31.5 Å². The van der Waals surface area contributed by atoms with Gasteiger partial charge in [0, 0.05) is 17.7 Å². The van der Waals surface area contributed by atoms with Crippen LogP contribution in [0.3, 0.4) is 0 Å². The minimum absolute atomic E-state index is 0.193. The molecule has 0 bridgehead atoms. The van der Waals surface area contributed by atoms with Crippen molar-refractivity contribution in [2.75, 3.05) is 0 Å². The Morgan fingerprint density at radius 1 is 0.833 bits per heavy atom. The topological polar surface area (TPSA) is 89.0 Å². The summed E-state index contributed by atoms with van der Waals surface area (Å²) in [6, 6.07) is 22.4. The van der Waals surface area contributed by atoms with Crippen LogP contribution in [0.25, 0.3) is 0 Å². The van der Waals surface area contributed by atoms with Gasteiger partial charge in [-0.1, -0.05) is 55.7 Å². The van der Waals surface area contributed by atoms with Crippen molar-refractivity contribution in [3.05, 3.63) is 95.6 Å². The summed E-state index contributed by atoms with van der Waals surface area (Å²) in [6.45, 7) is 0. The van der Waals surface area contributed by atoms with Crippen LogP contribution >= 0.6 is 12.2 Å². The van der Waals surface area contributed by atoms with Crippen LogP contribution < -0.4 is 20.2 Å². The van der Waals surface area contributed by atoms with Gasteiger partial charge in [-0.3, -0.25) is 5.43 Å². The smallest absolute Gasteiger partial charge is 0.343 e. The molecule has 36 heavy (non-hydrogen) atoms. The lowest BCUT2D eigenvalue weighted by Crippen LogP contribution is -2.40. The van der Waals surface area contributed by atoms with E-state index in [-0.39, 0.29) is 11.5 Å². The number of benzene rings is 3. The zero-order valence-corrected chi connectivity index (χ0v) is 20.5. The van der Waals surface area contributed by atoms with Crippen LogP contribution in [0.4, 0.5) is 0 Å². The lowest BCUT2D eigenvalue weighted by atomic mass is 9.96. The first-order valence-electron chi connectivity index (χ1n) is 11.9. The van der Waals surface area contributed by atoms with Gasteiger partial charge in [0.1, 0.15) is 11.5 Å². The molecule has 3 aromatic rings. The Balaban J connectivity index is 1.48. The van der Waals surface area contributed by atoms with Crippen molar-refractivity contribution >= 4 is 35.5 Å². The molecule has 1 saturated carbocycles. The Kier molecular flexibility index (Phi) is 8.77. The molecule has 0 heterocycles. The van der Waals surface area contributed by atoms with Crippen LogP contribution in [-0.2, 0) is 0 Å². The molecule has 184 valence electrons.